The third-order valence-electron chi connectivity index (χ3n) is 5.84. The first-order chi connectivity index (χ1) is 12.3. The van der Waals surface area contributed by atoms with E-state index in [1.165, 1.54) is 4.90 Å². The lowest BCUT2D eigenvalue weighted by atomic mass is 9.67. The van der Waals surface area contributed by atoms with E-state index >= 15 is 0 Å². The van der Waals surface area contributed by atoms with E-state index in [1.807, 2.05) is 4.90 Å². The molecule has 2 atom stereocenters. The normalized spacial score (nSPS) is 26.6. The number of piperidine rings is 2. The molecule has 6 heteroatoms. The Morgan fingerprint density at radius 2 is 2.15 bits per heavy atom. The van der Waals surface area contributed by atoms with E-state index in [-0.39, 0.29) is 23.1 Å². The number of likely N-dealkylation sites (tertiary alicyclic amines) is 2. The quantitative estimate of drug-likeness (QED) is 0.887. The van der Waals surface area contributed by atoms with Crippen molar-refractivity contribution in [2.45, 2.75) is 32.6 Å². The molecule has 2 fully saturated rings. The molecule has 1 N–H and O–H groups in total. The molecule has 1 aromatic carbocycles. The second kappa shape index (κ2) is 6.91. The van der Waals surface area contributed by atoms with E-state index < -0.39 is 0 Å². The fourth-order valence-electron chi connectivity index (χ4n) is 4.10. The van der Waals surface area contributed by atoms with Gasteiger partial charge >= 0.3 is 0 Å². The van der Waals surface area contributed by atoms with E-state index in [4.69, 9.17) is 10.7 Å². The van der Waals surface area contributed by atoms with Crippen molar-refractivity contribution >= 4 is 17.6 Å². The summed E-state index contributed by atoms with van der Waals surface area (Å²) in [6, 6.07) is 8.85. The van der Waals surface area contributed by atoms with Crippen molar-refractivity contribution in [2.75, 3.05) is 20.1 Å². The predicted octanol–water partition coefficient (Wildman–Crippen LogP) is 2.65. The molecule has 136 valence electrons. The summed E-state index contributed by atoms with van der Waals surface area (Å²) in [5, 5.41) is 17.1. The van der Waals surface area contributed by atoms with Gasteiger partial charge in [0.2, 0.25) is 5.91 Å². The third-order valence-corrected chi connectivity index (χ3v) is 5.84. The average Bonchev–Trinajstić information content (AvgIpc) is 2.65. The Kier molecular flexibility index (Phi) is 4.82. The van der Waals surface area contributed by atoms with Crippen LogP contribution in [-0.2, 0) is 4.79 Å². The second-order valence-electron chi connectivity index (χ2n) is 7.69. The Labute approximate surface area is 153 Å². The van der Waals surface area contributed by atoms with E-state index in [0.29, 0.717) is 42.9 Å². The van der Waals surface area contributed by atoms with Crippen molar-refractivity contribution in [1.82, 2.24) is 9.80 Å². The number of hydrogen-bond acceptors (Lipinski definition) is 4. The minimum atomic E-state index is -0.284. The minimum absolute atomic E-state index is 0.0195. The molecule has 2 heterocycles. The fraction of sp³-hybridized carbons (Fsp3) is 0.500. The number of nitrogens with one attached hydrogen (secondary N) is 1. The van der Waals surface area contributed by atoms with Crippen molar-refractivity contribution in [3.8, 4) is 6.07 Å². The number of amidine groups is 1. The van der Waals surface area contributed by atoms with E-state index in [0.717, 1.165) is 12.8 Å². The van der Waals surface area contributed by atoms with Gasteiger partial charge in [0.15, 0.2) is 0 Å². The first-order valence-electron chi connectivity index (χ1n) is 8.97. The van der Waals surface area contributed by atoms with Gasteiger partial charge in [-0.3, -0.25) is 15.0 Å². The summed E-state index contributed by atoms with van der Waals surface area (Å²) in [4.78, 5) is 28.4. The zero-order valence-corrected chi connectivity index (χ0v) is 15.3. The summed E-state index contributed by atoms with van der Waals surface area (Å²) in [6.07, 6.45) is 2.83. The maximum Gasteiger partial charge on any atom is 0.253 e. The lowest BCUT2D eigenvalue weighted by molar-refractivity contribution is -0.131. The molecule has 1 unspecified atom stereocenters. The van der Waals surface area contributed by atoms with Crippen LogP contribution in [0, 0.1) is 28.1 Å². The summed E-state index contributed by atoms with van der Waals surface area (Å²) >= 11 is 0. The SMILES string of the molecule is CN1C(=N)C[C@](C)(C2CCCN(C(=O)c3cccc(C#N)c3)C2)CC1=O. The number of carbonyl (C=O) groups excluding carboxylic acids is 2. The van der Waals surface area contributed by atoms with Crippen molar-refractivity contribution in [1.29, 1.82) is 10.7 Å². The van der Waals surface area contributed by atoms with Gasteiger partial charge in [0.1, 0.15) is 5.84 Å². The van der Waals surface area contributed by atoms with Gasteiger partial charge < -0.3 is 9.80 Å². The monoisotopic (exact) mass is 352 g/mol. The molecule has 0 aliphatic carbocycles. The van der Waals surface area contributed by atoms with Crippen LogP contribution in [-0.4, -0.2) is 47.6 Å². The molecular weight excluding hydrogens is 328 g/mol. The van der Waals surface area contributed by atoms with Crippen LogP contribution in [0.15, 0.2) is 24.3 Å². The maximum atomic E-state index is 12.9. The number of rotatable bonds is 2. The van der Waals surface area contributed by atoms with Gasteiger partial charge in [-0.05, 0) is 42.4 Å². The number of benzene rings is 1. The summed E-state index contributed by atoms with van der Waals surface area (Å²) in [5.41, 5.74) is 0.724. The van der Waals surface area contributed by atoms with Crippen LogP contribution in [0.1, 0.15) is 48.5 Å². The molecular formula is C20H24N4O2. The molecule has 0 radical (unpaired) electrons. The predicted molar refractivity (Wildman–Crippen MR) is 97.6 cm³/mol. The van der Waals surface area contributed by atoms with E-state index in [1.54, 1.807) is 31.3 Å². The molecule has 0 aromatic heterocycles. The van der Waals surface area contributed by atoms with E-state index in [2.05, 4.69) is 13.0 Å². The van der Waals surface area contributed by atoms with Crippen molar-refractivity contribution in [3.05, 3.63) is 35.4 Å². The molecule has 26 heavy (non-hydrogen) atoms. The van der Waals surface area contributed by atoms with E-state index in [9.17, 15) is 9.59 Å². The molecule has 2 saturated heterocycles. The average molecular weight is 352 g/mol. The van der Waals surface area contributed by atoms with Gasteiger partial charge in [0.05, 0.1) is 11.6 Å². The molecule has 2 amide bonds. The van der Waals surface area contributed by atoms with Crippen LogP contribution in [0.3, 0.4) is 0 Å². The van der Waals surface area contributed by atoms with Crippen LogP contribution >= 0.6 is 0 Å². The number of hydrogen-bond donors (Lipinski definition) is 1. The Hall–Kier alpha value is -2.68. The van der Waals surface area contributed by atoms with Crippen molar-refractivity contribution in [2.24, 2.45) is 11.3 Å². The molecule has 3 rings (SSSR count). The van der Waals surface area contributed by atoms with Gasteiger partial charge in [-0.15, -0.1) is 0 Å². The highest BCUT2D eigenvalue weighted by molar-refractivity contribution is 5.99. The molecule has 0 saturated carbocycles. The van der Waals surface area contributed by atoms with Crippen molar-refractivity contribution in [3.63, 3.8) is 0 Å². The third kappa shape index (κ3) is 3.34. The summed E-state index contributed by atoms with van der Waals surface area (Å²) < 4.78 is 0. The van der Waals surface area contributed by atoms with Gasteiger partial charge in [-0.1, -0.05) is 13.0 Å². The Balaban J connectivity index is 1.77. The Morgan fingerprint density at radius 1 is 1.38 bits per heavy atom. The number of amides is 2. The highest BCUT2D eigenvalue weighted by Gasteiger charge is 2.44. The standard InChI is InChI=1S/C20H24N4O2/c1-20(10-17(22)23(2)18(25)11-20)16-7-4-8-24(13-16)19(26)15-6-3-5-14(9-15)12-21/h3,5-6,9,16,22H,4,7-8,10-11,13H2,1-2H3/t16?,20-/m0/s1. The van der Waals surface area contributed by atoms with Crippen LogP contribution < -0.4 is 0 Å². The summed E-state index contributed by atoms with van der Waals surface area (Å²) in [7, 11) is 1.66. The molecule has 2 aliphatic rings. The molecule has 6 nitrogen and oxygen atoms in total. The minimum Gasteiger partial charge on any atom is -0.338 e. The Morgan fingerprint density at radius 3 is 2.85 bits per heavy atom. The smallest absolute Gasteiger partial charge is 0.253 e. The molecule has 0 bridgehead atoms. The van der Waals surface area contributed by atoms with Gasteiger partial charge in [-0.25, -0.2) is 0 Å². The first kappa shape index (κ1) is 18.1. The first-order valence-corrected chi connectivity index (χ1v) is 8.97. The molecule has 2 aliphatic heterocycles. The summed E-state index contributed by atoms with van der Waals surface area (Å²) in [5.74, 6) is 0.463. The summed E-state index contributed by atoms with van der Waals surface area (Å²) in [6.45, 7) is 3.35. The van der Waals surface area contributed by atoms with Crippen LogP contribution in [0.2, 0.25) is 0 Å². The lowest BCUT2D eigenvalue weighted by Gasteiger charge is -2.46. The van der Waals surface area contributed by atoms with Crippen LogP contribution in [0.4, 0.5) is 0 Å². The van der Waals surface area contributed by atoms with Gasteiger partial charge in [-0.2, -0.15) is 5.26 Å². The fourth-order valence-corrected chi connectivity index (χ4v) is 4.10. The topological polar surface area (TPSA) is 88.3 Å². The van der Waals surface area contributed by atoms with Crippen LogP contribution in [0.5, 0.6) is 0 Å². The van der Waals surface area contributed by atoms with Crippen LogP contribution in [0.25, 0.3) is 0 Å². The molecule has 0 spiro atoms. The number of nitriles is 1. The molecule has 1 aromatic rings. The van der Waals surface area contributed by atoms with Gasteiger partial charge in [0, 0.05) is 38.5 Å². The highest BCUT2D eigenvalue weighted by atomic mass is 16.2. The zero-order chi connectivity index (χ0) is 18.9. The van der Waals surface area contributed by atoms with Gasteiger partial charge in [0.25, 0.3) is 5.91 Å². The highest BCUT2D eigenvalue weighted by Crippen LogP contribution is 2.43. The van der Waals surface area contributed by atoms with Crippen molar-refractivity contribution < 1.29 is 9.59 Å². The largest absolute Gasteiger partial charge is 0.338 e. The zero-order valence-electron chi connectivity index (χ0n) is 15.3. The maximum absolute atomic E-state index is 12.9. The second-order valence-corrected chi connectivity index (χ2v) is 7.69. The lowest BCUT2D eigenvalue weighted by Crippen LogP contribution is -2.51. The number of carbonyl (C=O) groups is 2. The Bertz CT molecular complexity index is 777. The number of nitrogens with zero attached hydrogens (tertiary/aromatic N) is 3.